The molecule has 1 saturated carbocycles. The Morgan fingerprint density at radius 3 is 2.17 bits per heavy atom. The minimum Gasteiger partial charge on any atom is -0.392 e. The summed E-state index contributed by atoms with van der Waals surface area (Å²) in [5.41, 5.74) is 0. The Balaban J connectivity index is 1.36. The summed E-state index contributed by atoms with van der Waals surface area (Å²) in [6.45, 7) is 6.65. The minimum atomic E-state index is -0.381. The van der Waals surface area contributed by atoms with Gasteiger partial charge >= 0.3 is 0 Å². The fraction of sp³-hybridized carbons (Fsp3) is 0.789. The Bertz CT molecular complexity index is 745. The molecule has 0 radical (unpaired) electrons. The Morgan fingerprint density at radius 2 is 1.43 bits per heavy atom. The molecule has 2 rings (SSSR count). The van der Waals surface area contributed by atoms with Crippen LogP contribution in [0.3, 0.4) is 0 Å². The quantitative estimate of drug-likeness (QED) is 0.0699. The van der Waals surface area contributed by atoms with Crippen LogP contribution in [-0.2, 0) is 4.74 Å². The van der Waals surface area contributed by atoms with Crippen LogP contribution in [0.4, 0.5) is 0 Å². The predicted octanol–water partition coefficient (Wildman–Crippen LogP) is 9.38. The molecular weight excluding hydrogens is 518 g/mol. The molecule has 0 aromatic rings. The summed E-state index contributed by atoms with van der Waals surface area (Å²) in [4.78, 5) is 0. The Kier molecular flexibility index (Phi) is 22.2. The summed E-state index contributed by atoms with van der Waals surface area (Å²) >= 11 is 0. The molecule has 1 heterocycles. The molecular formula is C38H67NO3. The SMILES string of the molecule is CC/C=C\C/C=C\C/C=C\CCCCCCCCNCCCCC[C@H]1C[C@@H]2[C@@H](/C=C/[C@@H](O)CCCCC)[C@H](O)C[C@@H]2O1. The summed E-state index contributed by atoms with van der Waals surface area (Å²) in [5.74, 6) is 0.557. The molecule has 1 aliphatic carbocycles. The molecule has 4 nitrogen and oxygen atoms in total. The highest BCUT2D eigenvalue weighted by Crippen LogP contribution is 2.45. The minimum absolute atomic E-state index is 0.142. The number of fused-ring (bicyclic) bond motifs is 1. The van der Waals surface area contributed by atoms with Crippen molar-refractivity contribution in [3.05, 3.63) is 48.6 Å². The molecule has 0 unspecified atom stereocenters. The maximum atomic E-state index is 10.5. The van der Waals surface area contributed by atoms with Crippen molar-refractivity contribution in [2.45, 2.75) is 167 Å². The van der Waals surface area contributed by atoms with Crippen LogP contribution in [0, 0.1) is 11.8 Å². The van der Waals surface area contributed by atoms with E-state index in [9.17, 15) is 10.2 Å². The summed E-state index contributed by atoms with van der Waals surface area (Å²) in [6, 6.07) is 0. The standard InChI is InChI=1S/C38H67NO3/c1-3-5-7-8-9-10-11-12-13-14-15-16-17-18-19-23-29-39-30-24-20-22-26-34-31-36-35(37(41)32-38(36)42-34)28-27-33(40)25-21-6-4-2/h5,7,9-10,12-13,27-28,33-41H,3-4,6,8,11,14-26,29-32H2,1-2H3/b7-5-,10-9-,13-12-,28-27+/t33-,34-,35+,36+,37+,38-/m0/s1. The van der Waals surface area contributed by atoms with Crippen molar-refractivity contribution in [2.75, 3.05) is 13.1 Å². The summed E-state index contributed by atoms with van der Waals surface area (Å²) in [7, 11) is 0. The first kappa shape index (κ1) is 37.0. The normalized spacial score (nSPS) is 25.2. The fourth-order valence-electron chi connectivity index (χ4n) is 6.56. The molecule has 242 valence electrons. The van der Waals surface area contributed by atoms with Crippen molar-refractivity contribution in [3.63, 3.8) is 0 Å². The van der Waals surface area contributed by atoms with E-state index in [0.29, 0.717) is 12.0 Å². The van der Waals surface area contributed by atoms with Crippen molar-refractivity contribution in [1.29, 1.82) is 0 Å². The molecule has 0 bridgehead atoms. The second-order valence-corrected chi connectivity index (χ2v) is 12.8. The van der Waals surface area contributed by atoms with Gasteiger partial charge in [0.25, 0.3) is 0 Å². The van der Waals surface area contributed by atoms with E-state index in [1.165, 1.54) is 77.0 Å². The van der Waals surface area contributed by atoms with Crippen LogP contribution in [0.1, 0.15) is 142 Å². The molecule has 4 heteroatoms. The van der Waals surface area contributed by atoms with E-state index in [2.05, 4.69) is 61.7 Å². The summed E-state index contributed by atoms with van der Waals surface area (Å²) in [5, 5.41) is 24.4. The van der Waals surface area contributed by atoms with Gasteiger partial charge in [0.05, 0.1) is 24.4 Å². The maximum absolute atomic E-state index is 10.5. The summed E-state index contributed by atoms with van der Waals surface area (Å²) in [6.07, 6.45) is 41.0. The lowest BCUT2D eigenvalue weighted by Gasteiger charge is -2.18. The van der Waals surface area contributed by atoms with E-state index in [-0.39, 0.29) is 24.2 Å². The van der Waals surface area contributed by atoms with Crippen molar-refractivity contribution >= 4 is 0 Å². The molecule has 0 aromatic carbocycles. The van der Waals surface area contributed by atoms with Crippen LogP contribution in [-0.4, -0.2) is 47.7 Å². The number of aliphatic hydroxyl groups excluding tert-OH is 2. The average Bonchev–Trinajstić information content (AvgIpc) is 3.50. The monoisotopic (exact) mass is 586 g/mol. The fourth-order valence-corrected chi connectivity index (χ4v) is 6.56. The number of allylic oxidation sites excluding steroid dienone is 6. The van der Waals surface area contributed by atoms with Gasteiger partial charge in [0.2, 0.25) is 0 Å². The zero-order chi connectivity index (χ0) is 30.1. The van der Waals surface area contributed by atoms with Gasteiger partial charge in [-0.2, -0.15) is 0 Å². The molecule has 3 N–H and O–H groups in total. The molecule has 6 atom stereocenters. The van der Waals surface area contributed by atoms with E-state index in [0.717, 1.165) is 64.5 Å². The van der Waals surface area contributed by atoms with E-state index >= 15 is 0 Å². The first-order valence-electron chi connectivity index (χ1n) is 18.0. The molecule has 0 amide bonds. The van der Waals surface area contributed by atoms with E-state index in [1.807, 2.05) is 6.08 Å². The Labute approximate surface area is 260 Å². The number of rotatable bonds is 26. The molecule has 0 spiro atoms. The van der Waals surface area contributed by atoms with Gasteiger partial charge in [0, 0.05) is 12.3 Å². The lowest BCUT2D eigenvalue weighted by atomic mass is 9.89. The third-order valence-electron chi connectivity index (χ3n) is 9.09. The number of hydrogen-bond donors (Lipinski definition) is 3. The van der Waals surface area contributed by atoms with Gasteiger partial charge in [0.15, 0.2) is 0 Å². The van der Waals surface area contributed by atoms with E-state index < -0.39 is 0 Å². The number of hydrogen-bond acceptors (Lipinski definition) is 4. The number of ether oxygens (including phenoxy) is 1. The number of unbranched alkanes of at least 4 members (excludes halogenated alkanes) is 10. The van der Waals surface area contributed by atoms with Gasteiger partial charge in [-0.3, -0.25) is 0 Å². The number of nitrogens with one attached hydrogen (secondary N) is 1. The molecule has 42 heavy (non-hydrogen) atoms. The van der Waals surface area contributed by atoms with E-state index in [1.54, 1.807) is 0 Å². The van der Waals surface area contributed by atoms with Crippen molar-refractivity contribution < 1.29 is 14.9 Å². The topological polar surface area (TPSA) is 61.7 Å². The van der Waals surface area contributed by atoms with Crippen molar-refractivity contribution in [1.82, 2.24) is 5.32 Å². The van der Waals surface area contributed by atoms with Crippen LogP contribution in [0.15, 0.2) is 48.6 Å². The van der Waals surface area contributed by atoms with Gasteiger partial charge in [-0.1, -0.05) is 120 Å². The van der Waals surface area contributed by atoms with Crippen molar-refractivity contribution in [2.24, 2.45) is 11.8 Å². The van der Waals surface area contributed by atoms with E-state index in [4.69, 9.17) is 4.74 Å². The Hall–Kier alpha value is -1.20. The smallest absolute Gasteiger partial charge is 0.0721 e. The lowest BCUT2D eigenvalue weighted by molar-refractivity contribution is 0.0233. The molecule has 1 aliphatic heterocycles. The van der Waals surface area contributed by atoms with Gasteiger partial charge in [-0.15, -0.1) is 0 Å². The molecule has 2 fully saturated rings. The van der Waals surface area contributed by atoms with Crippen LogP contribution in [0.2, 0.25) is 0 Å². The molecule has 1 saturated heterocycles. The van der Waals surface area contributed by atoms with Gasteiger partial charge in [-0.05, 0) is 83.2 Å². The first-order chi connectivity index (χ1) is 20.7. The third-order valence-corrected chi connectivity index (χ3v) is 9.09. The lowest BCUT2D eigenvalue weighted by Crippen LogP contribution is -2.19. The highest BCUT2D eigenvalue weighted by molar-refractivity contribution is 5.07. The first-order valence-corrected chi connectivity index (χ1v) is 18.0. The maximum Gasteiger partial charge on any atom is 0.0721 e. The zero-order valence-corrected chi connectivity index (χ0v) is 27.4. The Morgan fingerprint density at radius 1 is 0.762 bits per heavy atom. The largest absolute Gasteiger partial charge is 0.392 e. The van der Waals surface area contributed by atoms with Gasteiger partial charge in [-0.25, -0.2) is 0 Å². The van der Waals surface area contributed by atoms with Crippen LogP contribution in [0.25, 0.3) is 0 Å². The third kappa shape index (κ3) is 17.2. The zero-order valence-electron chi connectivity index (χ0n) is 27.4. The highest BCUT2D eigenvalue weighted by atomic mass is 16.5. The second kappa shape index (κ2) is 25.2. The van der Waals surface area contributed by atoms with Crippen molar-refractivity contribution in [3.8, 4) is 0 Å². The summed E-state index contributed by atoms with van der Waals surface area (Å²) < 4.78 is 6.34. The number of aliphatic hydroxyl groups is 2. The average molecular weight is 586 g/mol. The molecule has 0 aromatic heterocycles. The van der Waals surface area contributed by atoms with Crippen LogP contribution < -0.4 is 5.32 Å². The van der Waals surface area contributed by atoms with Gasteiger partial charge < -0.3 is 20.3 Å². The molecule has 2 aliphatic rings. The van der Waals surface area contributed by atoms with Crippen LogP contribution >= 0.6 is 0 Å². The van der Waals surface area contributed by atoms with Gasteiger partial charge in [0.1, 0.15) is 0 Å². The predicted molar refractivity (Wildman–Crippen MR) is 181 cm³/mol. The second-order valence-electron chi connectivity index (χ2n) is 12.8. The van der Waals surface area contributed by atoms with Crippen LogP contribution in [0.5, 0.6) is 0 Å². The highest BCUT2D eigenvalue weighted by Gasteiger charge is 2.47.